The molecule has 0 atom stereocenters. The molecule has 68 valence electrons. The van der Waals surface area contributed by atoms with Crippen LogP contribution in [0.1, 0.15) is 5.56 Å². The van der Waals surface area contributed by atoms with Gasteiger partial charge in [0.2, 0.25) is 5.56 Å². The van der Waals surface area contributed by atoms with E-state index in [2.05, 4.69) is 11.1 Å². The van der Waals surface area contributed by atoms with Crippen LogP contribution in [-0.4, -0.2) is 4.98 Å². The van der Waals surface area contributed by atoms with Crippen molar-refractivity contribution in [1.82, 2.24) is 4.98 Å². The minimum absolute atomic E-state index is 0.119. The molecular weight excluding hydrogens is 176 g/mol. The van der Waals surface area contributed by atoms with Crippen molar-refractivity contribution < 1.29 is 0 Å². The molecule has 2 rings (SSSR count). The van der Waals surface area contributed by atoms with Crippen LogP contribution in [0, 0.1) is 11.3 Å². The zero-order chi connectivity index (χ0) is 9.97. The highest BCUT2D eigenvalue weighted by molar-refractivity contribution is 5.78. The molecular formula is C11H8N2O. The van der Waals surface area contributed by atoms with E-state index in [1.165, 1.54) is 6.07 Å². The van der Waals surface area contributed by atoms with Gasteiger partial charge in [-0.25, -0.2) is 0 Å². The smallest absolute Gasteiger partial charge is 0.248 e. The molecule has 0 amide bonds. The normalized spacial score (nSPS) is 9.93. The van der Waals surface area contributed by atoms with Crippen LogP contribution < -0.4 is 5.56 Å². The summed E-state index contributed by atoms with van der Waals surface area (Å²) in [6.07, 6.45) is 0.368. The lowest BCUT2D eigenvalue weighted by Gasteiger charge is -1.98. The molecule has 0 aliphatic rings. The summed E-state index contributed by atoms with van der Waals surface area (Å²) in [6, 6.07) is 11.0. The van der Waals surface area contributed by atoms with Crippen molar-refractivity contribution in [3.63, 3.8) is 0 Å². The molecule has 3 nitrogen and oxygen atoms in total. The Morgan fingerprint density at radius 3 is 2.86 bits per heavy atom. The molecule has 0 spiro atoms. The molecule has 1 N–H and O–H groups in total. The molecule has 1 aromatic heterocycles. The van der Waals surface area contributed by atoms with Gasteiger partial charge in [-0.1, -0.05) is 12.1 Å². The van der Waals surface area contributed by atoms with E-state index in [9.17, 15) is 4.79 Å². The Bertz CT molecular complexity index is 563. The zero-order valence-electron chi connectivity index (χ0n) is 7.45. The summed E-state index contributed by atoms with van der Waals surface area (Å²) in [5.41, 5.74) is 1.58. The van der Waals surface area contributed by atoms with Crippen molar-refractivity contribution in [2.24, 2.45) is 0 Å². The van der Waals surface area contributed by atoms with Gasteiger partial charge < -0.3 is 4.98 Å². The van der Waals surface area contributed by atoms with Crippen molar-refractivity contribution in [2.75, 3.05) is 0 Å². The highest BCUT2D eigenvalue weighted by Gasteiger charge is 1.96. The Morgan fingerprint density at radius 1 is 1.29 bits per heavy atom. The number of benzene rings is 1. The minimum atomic E-state index is -0.119. The fraction of sp³-hybridized carbons (Fsp3) is 0.0909. The standard InChI is InChI=1S/C11H8N2O/c12-6-5-8-1-2-9-3-4-11(14)13-10(9)7-8/h1-4,7H,5H2,(H,13,14). The Balaban J connectivity index is 2.65. The largest absolute Gasteiger partial charge is 0.322 e. The van der Waals surface area contributed by atoms with Gasteiger partial charge in [0.05, 0.1) is 12.5 Å². The van der Waals surface area contributed by atoms with Gasteiger partial charge in [-0.2, -0.15) is 5.26 Å². The molecule has 0 saturated heterocycles. The molecule has 0 aliphatic carbocycles. The van der Waals surface area contributed by atoms with Crippen LogP contribution in [0.25, 0.3) is 10.9 Å². The van der Waals surface area contributed by atoms with Crippen LogP contribution in [0.5, 0.6) is 0 Å². The maximum atomic E-state index is 11.0. The van der Waals surface area contributed by atoms with Gasteiger partial charge in [0.15, 0.2) is 0 Å². The van der Waals surface area contributed by atoms with E-state index < -0.39 is 0 Å². The number of fused-ring (bicyclic) bond motifs is 1. The van der Waals surface area contributed by atoms with Crippen LogP contribution in [0.15, 0.2) is 35.1 Å². The molecule has 0 fully saturated rings. The first-order valence-electron chi connectivity index (χ1n) is 4.28. The van der Waals surface area contributed by atoms with Gasteiger partial charge in [0.25, 0.3) is 0 Å². The summed E-state index contributed by atoms with van der Waals surface area (Å²) < 4.78 is 0. The summed E-state index contributed by atoms with van der Waals surface area (Å²) in [5, 5.41) is 9.50. The topological polar surface area (TPSA) is 56.6 Å². The SMILES string of the molecule is N#CCc1ccc2ccc(=O)[nH]c2c1. The summed E-state index contributed by atoms with van der Waals surface area (Å²) in [6.45, 7) is 0. The van der Waals surface area contributed by atoms with E-state index >= 15 is 0 Å². The van der Waals surface area contributed by atoms with Gasteiger partial charge in [-0.05, 0) is 23.1 Å². The average Bonchev–Trinajstić information content (AvgIpc) is 2.17. The Kier molecular flexibility index (Phi) is 2.04. The van der Waals surface area contributed by atoms with Crippen molar-refractivity contribution in [1.29, 1.82) is 5.26 Å². The third-order valence-electron chi connectivity index (χ3n) is 2.07. The van der Waals surface area contributed by atoms with Gasteiger partial charge in [-0.15, -0.1) is 0 Å². The molecule has 2 aromatic rings. The van der Waals surface area contributed by atoms with E-state index in [-0.39, 0.29) is 5.56 Å². The number of nitrogens with one attached hydrogen (secondary N) is 1. The summed E-state index contributed by atoms with van der Waals surface area (Å²) >= 11 is 0. The van der Waals surface area contributed by atoms with E-state index in [0.717, 1.165) is 16.5 Å². The van der Waals surface area contributed by atoms with Crippen LogP contribution in [0.4, 0.5) is 0 Å². The lowest BCUT2D eigenvalue weighted by Crippen LogP contribution is -2.02. The zero-order valence-corrected chi connectivity index (χ0v) is 7.45. The Morgan fingerprint density at radius 2 is 2.07 bits per heavy atom. The average molecular weight is 184 g/mol. The number of hydrogen-bond acceptors (Lipinski definition) is 2. The predicted octanol–water partition coefficient (Wildman–Crippen LogP) is 1.59. The Hall–Kier alpha value is -2.08. The van der Waals surface area contributed by atoms with E-state index in [1.54, 1.807) is 6.07 Å². The quantitative estimate of drug-likeness (QED) is 0.731. The van der Waals surface area contributed by atoms with Gasteiger partial charge >= 0.3 is 0 Å². The Labute approximate surface area is 80.6 Å². The van der Waals surface area contributed by atoms with Crippen LogP contribution >= 0.6 is 0 Å². The van der Waals surface area contributed by atoms with Crippen LogP contribution in [0.2, 0.25) is 0 Å². The summed E-state index contributed by atoms with van der Waals surface area (Å²) in [4.78, 5) is 13.8. The number of hydrogen-bond donors (Lipinski definition) is 1. The molecule has 3 heteroatoms. The highest BCUT2D eigenvalue weighted by Crippen LogP contribution is 2.11. The fourth-order valence-electron chi connectivity index (χ4n) is 1.40. The first kappa shape index (κ1) is 8.52. The lowest BCUT2D eigenvalue weighted by molar-refractivity contribution is 1.25. The number of aromatic nitrogens is 1. The third-order valence-corrected chi connectivity index (χ3v) is 2.07. The summed E-state index contributed by atoms with van der Waals surface area (Å²) in [5.74, 6) is 0. The van der Waals surface area contributed by atoms with Gasteiger partial charge in [0, 0.05) is 11.6 Å². The second-order valence-corrected chi connectivity index (χ2v) is 3.08. The summed E-state index contributed by atoms with van der Waals surface area (Å²) in [7, 11) is 0. The first-order valence-corrected chi connectivity index (χ1v) is 4.28. The number of nitrogens with zero attached hydrogens (tertiary/aromatic N) is 1. The first-order chi connectivity index (χ1) is 6.79. The van der Waals surface area contributed by atoms with Crippen LogP contribution in [-0.2, 0) is 6.42 Å². The molecule has 0 radical (unpaired) electrons. The maximum absolute atomic E-state index is 11.0. The van der Waals surface area contributed by atoms with Crippen molar-refractivity contribution >= 4 is 10.9 Å². The number of nitriles is 1. The van der Waals surface area contributed by atoms with Crippen molar-refractivity contribution in [3.05, 3.63) is 46.2 Å². The fourth-order valence-corrected chi connectivity index (χ4v) is 1.40. The number of pyridine rings is 1. The molecule has 1 heterocycles. The third kappa shape index (κ3) is 1.50. The van der Waals surface area contributed by atoms with Crippen molar-refractivity contribution in [3.8, 4) is 6.07 Å². The molecule has 14 heavy (non-hydrogen) atoms. The van der Waals surface area contributed by atoms with Gasteiger partial charge in [0.1, 0.15) is 0 Å². The second-order valence-electron chi connectivity index (χ2n) is 3.08. The molecule has 0 saturated carbocycles. The molecule has 1 aromatic carbocycles. The number of H-pyrrole nitrogens is 1. The van der Waals surface area contributed by atoms with E-state index in [0.29, 0.717) is 6.42 Å². The number of rotatable bonds is 1. The van der Waals surface area contributed by atoms with E-state index in [4.69, 9.17) is 5.26 Å². The monoisotopic (exact) mass is 184 g/mol. The van der Waals surface area contributed by atoms with Gasteiger partial charge in [-0.3, -0.25) is 4.79 Å². The van der Waals surface area contributed by atoms with Crippen LogP contribution in [0.3, 0.4) is 0 Å². The minimum Gasteiger partial charge on any atom is -0.322 e. The molecule has 0 aliphatic heterocycles. The predicted molar refractivity (Wildman–Crippen MR) is 53.9 cm³/mol. The maximum Gasteiger partial charge on any atom is 0.248 e. The lowest BCUT2D eigenvalue weighted by atomic mass is 10.1. The van der Waals surface area contributed by atoms with E-state index in [1.807, 2.05) is 18.2 Å². The van der Waals surface area contributed by atoms with Crippen molar-refractivity contribution in [2.45, 2.75) is 6.42 Å². The number of aromatic amines is 1. The molecule has 0 bridgehead atoms. The second kappa shape index (κ2) is 3.35. The highest BCUT2D eigenvalue weighted by atomic mass is 16.1. The molecule has 0 unspecified atom stereocenters.